The molecule has 3 aromatic rings. The highest BCUT2D eigenvalue weighted by atomic mass is 35.5. The Morgan fingerprint density at radius 2 is 2.00 bits per heavy atom. The van der Waals surface area contributed by atoms with Crippen molar-refractivity contribution in [3.8, 4) is 5.82 Å². The fourth-order valence-electron chi connectivity index (χ4n) is 3.41. The average molecular weight is 367 g/mol. The molecule has 6 heteroatoms. The minimum atomic E-state index is -0.0396. The van der Waals surface area contributed by atoms with Gasteiger partial charge in [0.25, 0.3) is 0 Å². The molecule has 1 aliphatic carbocycles. The Labute approximate surface area is 157 Å². The summed E-state index contributed by atoms with van der Waals surface area (Å²) in [7, 11) is 0. The van der Waals surface area contributed by atoms with Crippen LogP contribution in [0.25, 0.3) is 5.82 Å². The molecular weight excluding hydrogens is 348 g/mol. The number of halogens is 1. The zero-order valence-corrected chi connectivity index (χ0v) is 15.0. The average Bonchev–Trinajstić information content (AvgIpc) is 2.99. The van der Waals surface area contributed by atoms with Crippen LogP contribution in [0.5, 0.6) is 0 Å². The van der Waals surface area contributed by atoms with Crippen molar-refractivity contribution in [3.05, 3.63) is 71.0 Å². The van der Waals surface area contributed by atoms with Crippen LogP contribution < -0.4 is 5.32 Å². The number of carbonyl (C=O) groups excluding carboxylic acids is 1. The van der Waals surface area contributed by atoms with E-state index in [-0.39, 0.29) is 11.8 Å². The van der Waals surface area contributed by atoms with Crippen molar-refractivity contribution in [1.29, 1.82) is 0 Å². The first-order chi connectivity index (χ1) is 12.7. The number of anilines is 1. The highest BCUT2D eigenvalue weighted by molar-refractivity contribution is 6.32. The maximum Gasteiger partial charge on any atom is 0.229 e. The number of aromatic nitrogens is 3. The van der Waals surface area contributed by atoms with Gasteiger partial charge in [-0.2, -0.15) is 0 Å². The monoisotopic (exact) mass is 366 g/mol. The van der Waals surface area contributed by atoms with Crippen molar-refractivity contribution in [2.24, 2.45) is 5.92 Å². The molecule has 0 saturated carbocycles. The minimum Gasteiger partial charge on any atom is -0.309 e. The fraction of sp³-hybridized carbons (Fsp3) is 0.250. The van der Waals surface area contributed by atoms with Gasteiger partial charge in [-0.1, -0.05) is 35.9 Å². The molecule has 1 aromatic carbocycles. The van der Waals surface area contributed by atoms with E-state index in [1.54, 1.807) is 35.3 Å². The summed E-state index contributed by atoms with van der Waals surface area (Å²) in [5.41, 5.74) is 2.63. The summed E-state index contributed by atoms with van der Waals surface area (Å²) >= 11 is 6.15. The molecular formula is C20H19ClN4O. The van der Waals surface area contributed by atoms with Gasteiger partial charge < -0.3 is 5.32 Å². The molecule has 5 nitrogen and oxygen atoms in total. The van der Waals surface area contributed by atoms with Crippen LogP contribution in [-0.4, -0.2) is 20.7 Å². The van der Waals surface area contributed by atoms with Crippen LogP contribution in [-0.2, 0) is 17.6 Å². The quantitative estimate of drug-likeness (QED) is 0.711. The molecule has 0 fully saturated rings. The minimum absolute atomic E-state index is 0.0130. The van der Waals surface area contributed by atoms with E-state index < -0.39 is 0 Å². The van der Waals surface area contributed by atoms with E-state index in [2.05, 4.69) is 33.6 Å². The summed E-state index contributed by atoms with van der Waals surface area (Å²) < 4.78 is 1.57. The van der Waals surface area contributed by atoms with E-state index in [0.29, 0.717) is 16.7 Å². The van der Waals surface area contributed by atoms with Crippen LogP contribution in [0.1, 0.15) is 24.0 Å². The van der Waals surface area contributed by atoms with E-state index in [1.807, 2.05) is 6.07 Å². The number of hydrogen-bond donors (Lipinski definition) is 1. The molecule has 1 N–H and O–H groups in total. The topological polar surface area (TPSA) is 59.8 Å². The lowest BCUT2D eigenvalue weighted by Gasteiger charge is -2.13. The van der Waals surface area contributed by atoms with E-state index in [0.717, 1.165) is 25.7 Å². The van der Waals surface area contributed by atoms with E-state index in [4.69, 9.17) is 11.6 Å². The van der Waals surface area contributed by atoms with Gasteiger partial charge in [-0.3, -0.25) is 4.79 Å². The number of aryl methyl sites for hydroxylation is 1. The van der Waals surface area contributed by atoms with Gasteiger partial charge in [0.1, 0.15) is 0 Å². The maximum atomic E-state index is 12.7. The molecule has 1 atom stereocenters. The number of carbonyl (C=O) groups is 1. The van der Waals surface area contributed by atoms with Gasteiger partial charge in [0, 0.05) is 24.4 Å². The summed E-state index contributed by atoms with van der Waals surface area (Å²) in [6.07, 6.45) is 7.11. The molecule has 0 radical (unpaired) electrons. The van der Waals surface area contributed by atoms with Gasteiger partial charge in [-0.05, 0) is 48.9 Å². The lowest BCUT2D eigenvalue weighted by molar-refractivity contribution is -0.120. The molecule has 2 heterocycles. The molecule has 1 amide bonds. The van der Waals surface area contributed by atoms with Crippen LogP contribution in [0.4, 0.5) is 5.82 Å². The Morgan fingerprint density at radius 3 is 2.85 bits per heavy atom. The Balaban J connectivity index is 1.48. The molecule has 2 aromatic heterocycles. The number of nitrogens with one attached hydrogen (secondary N) is 1. The number of nitrogens with zero attached hydrogens (tertiary/aromatic N) is 3. The van der Waals surface area contributed by atoms with Gasteiger partial charge in [0.05, 0.1) is 5.02 Å². The largest absolute Gasteiger partial charge is 0.309 e. The lowest BCUT2D eigenvalue weighted by atomic mass is 9.96. The maximum absolute atomic E-state index is 12.7. The molecule has 0 aliphatic heterocycles. The van der Waals surface area contributed by atoms with Crippen molar-refractivity contribution < 1.29 is 4.79 Å². The highest BCUT2D eigenvalue weighted by Crippen LogP contribution is 2.25. The molecule has 1 unspecified atom stereocenters. The second-order valence-corrected chi connectivity index (χ2v) is 6.91. The van der Waals surface area contributed by atoms with Crippen LogP contribution in [0.2, 0.25) is 5.02 Å². The predicted molar refractivity (Wildman–Crippen MR) is 102 cm³/mol. The summed E-state index contributed by atoms with van der Waals surface area (Å²) in [5.74, 6) is 1.02. The van der Waals surface area contributed by atoms with E-state index in [1.165, 1.54) is 11.1 Å². The van der Waals surface area contributed by atoms with Gasteiger partial charge in [-0.25, -0.2) is 9.67 Å². The first-order valence-electron chi connectivity index (χ1n) is 8.75. The molecule has 0 saturated heterocycles. The van der Waals surface area contributed by atoms with Crippen molar-refractivity contribution in [3.63, 3.8) is 0 Å². The predicted octanol–water partition coefficient (Wildman–Crippen LogP) is 4.05. The zero-order valence-electron chi connectivity index (χ0n) is 14.2. The smallest absolute Gasteiger partial charge is 0.229 e. The molecule has 26 heavy (non-hydrogen) atoms. The second kappa shape index (κ2) is 7.30. The Hall–Kier alpha value is -2.66. The SMILES string of the molecule is O=C(Nc1ccn(-c2ncccc2Cl)n1)C1CCCc2ccccc2C1. The summed E-state index contributed by atoms with van der Waals surface area (Å²) in [6, 6.07) is 13.7. The number of pyridine rings is 1. The zero-order chi connectivity index (χ0) is 17.9. The first kappa shape index (κ1) is 16.8. The third-order valence-corrected chi connectivity index (χ3v) is 5.05. The lowest BCUT2D eigenvalue weighted by Crippen LogP contribution is -2.24. The van der Waals surface area contributed by atoms with Gasteiger partial charge in [0.2, 0.25) is 5.91 Å². The van der Waals surface area contributed by atoms with Crippen molar-refractivity contribution in [2.75, 3.05) is 5.32 Å². The highest BCUT2D eigenvalue weighted by Gasteiger charge is 2.23. The van der Waals surface area contributed by atoms with Crippen molar-refractivity contribution >= 4 is 23.3 Å². The van der Waals surface area contributed by atoms with Crippen LogP contribution in [0.3, 0.4) is 0 Å². The third-order valence-electron chi connectivity index (χ3n) is 4.75. The Kier molecular flexibility index (Phi) is 4.71. The van der Waals surface area contributed by atoms with Crippen LogP contribution in [0.15, 0.2) is 54.9 Å². The molecule has 0 bridgehead atoms. The number of fused-ring (bicyclic) bond motifs is 1. The van der Waals surface area contributed by atoms with E-state index >= 15 is 0 Å². The third kappa shape index (κ3) is 3.48. The molecule has 4 rings (SSSR count). The van der Waals surface area contributed by atoms with Crippen molar-refractivity contribution in [2.45, 2.75) is 25.7 Å². The normalized spacial score (nSPS) is 16.6. The molecule has 1 aliphatic rings. The Bertz CT molecular complexity index is 937. The van der Waals surface area contributed by atoms with Crippen LogP contribution in [0, 0.1) is 5.92 Å². The Morgan fingerprint density at radius 1 is 1.15 bits per heavy atom. The summed E-state index contributed by atoms with van der Waals surface area (Å²) in [4.78, 5) is 17.0. The molecule has 132 valence electrons. The van der Waals surface area contributed by atoms with Crippen LogP contribution >= 0.6 is 11.6 Å². The number of amides is 1. The number of rotatable bonds is 3. The second-order valence-electron chi connectivity index (χ2n) is 6.51. The van der Waals surface area contributed by atoms with Gasteiger partial charge in [-0.15, -0.1) is 5.10 Å². The fourth-order valence-corrected chi connectivity index (χ4v) is 3.62. The van der Waals surface area contributed by atoms with Gasteiger partial charge in [0.15, 0.2) is 11.6 Å². The van der Waals surface area contributed by atoms with E-state index in [9.17, 15) is 4.79 Å². The standard InChI is InChI=1S/C20H19ClN4O/c21-17-9-4-11-22-19(17)25-12-10-18(24-25)23-20(26)16-8-3-7-14-5-1-2-6-15(14)13-16/h1-2,4-6,9-12,16H,3,7-8,13H2,(H,23,24,26). The van der Waals surface area contributed by atoms with Gasteiger partial charge >= 0.3 is 0 Å². The summed E-state index contributed by atoms with van der Waals surface area (Å²) in [5, 5.41) is 7.83. The van der Waals surface area contributed by atoms with Crippen molar-refractivity contribution in [1.82, 2.24) is 14.8 Å². The molecule has 0 spiro atoms. The number of hydrogen-bond acceptors (Lipinski definition) is 3. The number of benzene rings is 1. The first-order valence-corrected chi connectivity index (χ1v) is 9.13. The summed E-state index contributed by atoms with van der Waals surface area (Å²) in [6.45, 7) is 0.